The smallest absolute Gasteiger partial charge is 0.0870 e. The van der Waals surface area contributed by atoms with Crippen LogP contribution in [0.5, 0.6) is 0 Å². The average molecular weight is 233 g/mol. The number of hydrogen-bond acceptors (Lipinski definition) is 2. The molecule has 1 aliphatic carbocycles. The number of ether oxygens (including phenoxy) is 1. The van der Waals surface area contributed by atoms with E-state index in [1.807, 2.05) is 0 Å². The minimum Gasteiger partial charge on any atom is -0.376 e. The molecule has 1 aliphatic rings. The van der Waals surface area contributed by atoms with E-state index in [4.69, 9.17) is 10.5 Å². The van der Waals surface area contributed by atoms with Crippen LogP contribution in [0.25, 0.3) is 0 Å². The van der Waals surface area contributed by atoms with Crippen LogP contribution in [0.2, 0.25) is 0 Å². The largest absolute Gasteiger partial charge is 0.376 e. The number of aryl methyl sites for hydroxylation is 3. The summed E-state index contributed by atoms with van der Waals surface area (Å²) >= 11 is 0. The summed E-state index contributed by atoms with van der Waals surface area (Å²) in [5.74, 6) is 0. The lowest BCUT2D eigenvalue weighted by molar-refractivity contribution is -0.0912. The van der Waals surface area contributed by atoms with Crippen molar-refractivity contribution in [2.45, 2.75) is 51.7 Å². The van der Waals surface area contributed by atoms with E-state index in [0.29, 0.717) is 0 Å². The van der Waals surface area contributed by atoms with Crippen molar-refractivity contribution < 1.29 is 4.74 Å². The molecule has 1 aromatic rings. The van der Waals surface area contributed by atoms with Gasteiger partial charge in [0.15, 0.2) is 0 Å². The lowest BCUT2D eigenvalue weighted by atomic mass is 9.71. The highest BCUT2D eigenvalue weighted by molar-refractivity contribution is 5.39. The Morgan fingerprint density at radius 1 is 1.12 bits per heavy atom. The number of methoxy groups -OCH3 is 1. The van der Waals surface area contributed by atoms with Gasteiger partial charge in [0.05, 0.1) is 11.6 Å². The third kappa shape index (κ3) is 2.00. The second-order valence-electron chi connectivity index (χ2n) is 5.39. The minimum absolute atomic E-state index is 0.000509. The van der Waals surface area contributed by atoms with Gasteiger partial charge in [-0.15, -0.1) is 0 Å². The van der Waals surface area contributed by atoms with E-state index in [9.17, 15) is 0 Å². The fourth-order valence-electron chi connectivity index (χ4n) is 2.77. The molecule has 1 saturated carbocycles. The fourth-order valence-corrected chi connectivity index (χ4v) is 2.77. The number of nitrogens with two attached hydrogens (primary N) is 1. The first-order valence-corrected chi connectivity index (χ1v) is 6.38. The topological polar surface area (TPSA) is 35.2 Å². The van der Waals surface area contributed by atoms with Gasteiger partial charge in [-0.1, -0.05) is 12.1 Å². The molecule has 2 rings (SSSR count). The summed E-state index contributed by atoms with van der Waals surface area (Å²) in [5, 5.41) is 0. The van der Waals surface area contributed by atoms with Gasteiger partial charge in [0.25, 0.3) is 0 Å². The molecule has 1 aromatic carbocycles. The van der Waals surface area contributed by atoms with Crippen molar-refractivity contribution in [3.63, 3.8) is 0 Å². The van der Waals surface area contributed by atoms with E-state index in [1.165, 1.54) is 28.7 Å². The highest BCUT2D eigenvalue weighted by atomic mass is 16.5. The highest BCUT2D eigenvalue weighted by Gasteiger charge is 2.43. The van der Waals surface area contributed by atoms with Crippen molar-refractivity contribution >= 4 is 0 Å². The molecule has 0 heterocycles. The van der Waals surface area contributed by atoms with Gasteiger partial charge in [-0.05, 0) is 62.3 Å². The molecule has 2 heteroatoms. The van der Waals surface area contributed by atoms with Crippen molar-refractivity contribution in [2.24, 2.45) is 5.73 Å². The molecule has 0 radical (unpaired) electrons. The summed E-state index contributed by atoms with van der Waals surface area (Å²) in [4.78, 5) is 0. The van der Waals surface area contributed by atoms with E-state index < -0.39 is 0 Å². The maximum absolute atomic E-state index is 6.44. The number of benzene rings is 1. The van der Waals surface area contributed by atoms with Gasteiger partial charge in [0.2, 0.25) is 0 Å². The Labute approximate surface area is 104 Å². The summed E-state index contributed by atoms with van der Waals surface area (Å²) in [7, 11) is 1.79. The molecule has 0 saturated heterocycles. The standard InChI is InChI=1S/C15H23NO/c1-10-8-12(3)13(9-11(10)2)14(16)15(17-4)6-5-7-15/h8-9,14H,5-7,16H2,1-4H3. The van der Waals surface area contributed by atoms with Crippen molar-refractivity contribution in [3.8, 4) is 0 Å². The quantitative estimate of drug-likeness (QED) is 0.870. The number of rotatable bonds is 3. The van der Waals surface area contributed by atoms with Crippen LogP contribution in [0, 0.1) is 20.8 Å². The Balaban J connectivity index is 2.36. The maximum Gasteiger partial charge on any atom is 0.0870 e. The SMILES string of the molecule is COC1(C(N)c2cc(C)c(C)cc2C)CCC1. The second kappa shape index (κ2) is 4.43. The Bertz CT molecular complexity index is 416. The van der Waals surface area contributed by atoms with E-state index in [0.717, 1.165) is 12.8 Å². The van der Waals surface area contributed by atoms with Crippen LogP contribution < -0.4 is 5.73 Å². The predicted octanol–water partition coefficient (Wildman–Crippen LogP) is 3.18. The molecule has 0 amide bonds. The van der Waals surface area contributed by atoms with Crippen molar-refractivity contribution in [1.82, 2.24) is 0 Å². The summed E-state index contributed by atoms with van der Waals surface area (Å²) in [6, 6.07) is 4.46. The second-order valence-corrected chi connectivity index (χ2v) is 5.39. The zero-order valence-corrected chi connectivity index (χ0v) is 11.3. The van der Waals surface area contributed by atoms with Gasteiger partial charge in [-0.2, -0.15) is 0 Å². The third-order valence-electron chi connectivity index (χ3n) is 4.39. The molecule has 2 N–H and O–H groups in total. The first-order chi connectivity index (χ1) is 8.00. The van der Waals surface area contributed by atoms with Crippen molar-refractivity contribution in [2.75, 3.05) is 7.11 Å². The fraction of sp³-hybridized carbons (Fsp3) is 0.600. The Kier molecular flexibility index (Phi) is 3.28. The van der Waals surface area contributed by atoms with Gasteiger partial charge >= 0.3 is 0 Å². The molecule has 94 valence electrons. The molecule has 1 unspecified atom stereocenters. The van der Waals surface area contributed by atoms with Gasteiger partial charge in [0.1, 0.15) is 0 Å². The van der Waals surface area contributed by atoms with E-state index >= 15 is 0 Å². The summed E-state index contributed by atoms with van der Waals surface area (Å²) in [6.07, 6.45) is 3.39. The normalized spacial score (nSPS) is 19.8. The third-order valence-corrected chi connectivity index (χ3v) is 4.39. The van der Waals surface area contributed by atoms with Crippen LogP contribution in [-0.4, -0.2) is 12.7 Å². The first kappa shape index (κ1) is 12.6. The minimum atomic E-state index is -0.119. The zero-order valence-electron chi connectivity index (χ0n) is 11.3. The molecular weight excluding hydrogens is 210 g/mol. The Morgan fingerprint density at radius 3 is 2.18 bits per heavy atom. The van der Waals surface area contributed by atoms with E-state index in [2.05, 4.69) is 32.9 Å². The monoisotopic (exact) mass is 233 g/mol. The van der Waals surface area contributed by atoms with Gasteiger partial charge < -0.3 is 10.5 Å². The van der Waals surface area contributed by atoms with Crippen molar-refractivity contribution in [3.05, 3.63) is 34.4 Å². The molecule has 0 bridgehead atoms. The summed E-state index contributed by atoms with van der Waals surface area (Å²) < 4.78 is 5.69. The highest BCUT2D eigenvalue weighted by Crippen LogP contribution is 2.44. The molecule has 0 aromatic heterocycles. The predicted molar refractivity (Wildman–Crippen MR) is 71.2 cm³/mol. The number of hydrogen-bond donors (Lipinski definition) is 1. The van der Waals surface area contributed by atoms with Crippen LogP contribution in [0.4, 0.5) is 0 Å². The Morgan fingerprint density at radius 2 is 1.71 bits per heavy atom. The summed E-state index contributed by atoms with van der Waals surface area (Å²) in [5.41, 5.74) is 11.5. The molecule has 17 heavy (non-hydrogen) atoms. The molecular formula is C15H23NO. The van der Waals surface area contributed by atoms with Crippen LogP contribution in [0.3, 0.4) is 0 Å². The zero-order chi connectivity index (χ0) is 12.6. The van der Waals surface area contributed by atoms with Crippen LogP contribution in [-0.2, 0) is 4.74 Å². The molecule has 0 aliphatic heterocycles. The van der Waals surface area contributed by atoms with Gasteiger partial charge in [0, 0.05) is 7.11 Å². The first-order valence-electron chi connectivity index (χ1n) is 6.38. The maximum atomic E-state index is 6.44. The van der Waals surface area contributed by atoms with Crippen LogP contribution >= 0.6 is 0 Å². The van der Waals surface area contributed by atoms with Crippen molar-refractivity contribution in [1.29, 1.82) is 0 Å². The van der Waals surface area contributed by atoms with Crippen LogP contribution in [0.15, 0.2) is 12.1 Å². The Hall–Kier alpha value is -0.860. The van der Waals surface area contributed by atoms with E-state index in [-0.39, 0.29) is 11.6 Å². The molecule has 1 atom stereocenters. The lowest BCUT2D eigenvalue weighted by Gasteiger charge is -2.45. The molecule has 1 fully saturated rings. The molecule has 0 spiro atoms. The van der Waals surface area contributed by atoms with Gasteiger partial charge in [-0.25, -0.2) is 0 Å². The van der Waals surface area contributed by atoms with Crippen LogP contribution in [0.1, 0.15) is 47.6 Å². The molecule has 2 nitrogen and oxygen atoms in total. The van der Waals surface area contributed by atoms with E-state index in [1.54, 1.807) is 7.11 Å². The van der Waals surface area contributed by atoms with Gasteiger partial charge in [-0.3, -0.25) is 0 Å². The lowest BCUT2D eigenvalue weighted by Crippen LogP contribution is -2.48. The average Bonchev–Trinajstić information content (AvgIpc) is 2.22. The summed E-state index contributed by atoms with van der Waals surface area (Å²) in [6.45, 7) is 6.43.